The van der Waals surface area contributed by atoms with E-state index in [1.54, 1.807) is 12.4 Å². The SMILES string of the molecule is CCN(C)c1nccnc1Cl. The number of aromatic nitrogens is 2. The molecule has 0 radical (unpaired) electrons. The van der Waals surface area contributed by atoms with Gasteiger partial charge in [-0.3, -0.25) is 0 Å². The zero-order valence-electron chi connectivity index (χ0n) is 6.58. The van der Waals surface area contributed by atoms with Crippen molar-refractivity contribution < 1.29 is 0 Å². The molecule has 1 aromatic rings. The van der Waals surface area contributed by atoms with Crippen molar-refractivity contribution in [2.45, 2.75) is 6.92 Å². The van der Waals surface area contributed by atoms with E-state index in [1.807, 2.05) is 18.9 Å². The van der Waals surface area contributed by atoms with Crippen LogP contribution in [0.3, 0.4) is 0 Å². The monoisotopic (exact) mass is 171 g/mol. The Morgan fingerprint density at radius 3 is 2.64 bits per heavy atom. The first-order valence-electron chi connectivity index (χ1n) is 3.43. The standard InChI is InChI=1S/C7H10ClN3/c1-3-11(2)7-6(8)9-4-5-10-7/h4-5H,3H2,1-2H3. The zero-order valence-corrected chi connectivity index (χ0v) is 7.34. The van der Waals surface area contributed by atoms with Gasteiger partial charge in [-0.2, -0.15) is 0 Å². The fraction of sp³-hybridized carbons (Fsp3) is 0.429. The second-order valence-electron chi connectivity index (χ2n) is 2.18. The first kappa shape index (κ1) is 8.27. The van der Waals surface area contributed by atoms with Gasteiger partial charge >= 0.3 is 0 Å². The molecular weight excluding hydrogens is 162 g/mol. The molecule has 0 aliphatic heterocycles. The van der Waals surface area contributed by atoms with Gasteiger partial charge in [0.1, 0.15) is 0 Å². The van der Waals surface area contributed by atoms with E-state index in [9.17, 15) is 0 Å². The summed E-state index contributed by atoms with van der Waals surface area (Å²) in [5.74, 6) is 0.733. The molecule has 60 valence electrons. The van der Waals surface area contributed by atoms with Crippen LogP contribution in [0.1, 0.15) is 6.92 Å². The summed E-state index contributed by atoms with van der Waals surface area (Å²) in [6.45, 7) is 2.91. The summed E-state index contributed by atoms with van der Waals surface area (Å²) in [7, 11) is 1.93. The molecular formula is C7H10ClN3. The van der Waals surface area contributed by atoms with Crippen LogP contribution in [0.25, 0.3) is 0 Å². The Morgan fingerprint density at radius 1 is 1.45 bits per heavy atom. The second kappa shape index (κ2) is 3.53. The molecule has 0 aliphatic carbocycles. The topological polar surface area (TPSA) is 29.0 Å². The van der Waals surface area contributed by atoms with Gasteiger partial charge < -0.3 is 4.90 Å². The average Bonchev–Trinajstić information content (AvgIpc) is 2.04. The lowest BCUT2D eigenvalue weighted by Gasteiger charge is -2.15. The van der Waals surface area contributed by atoms with Gasteiger partial charge in [-0.25, -0.2) is 9.97 Å². The van der Waals surface area contributed by atoms with E-state index in [1.165, 1.54) is 0 Å². The van der Waals surface area contributed by atoms with Crippen LogP contribution in [0.2, 0.25) is 5.15 Å². The molecule has 4 heteroatoms. The third kappa shape index (κ3) is 1.80. The highest BCUT2D eigenvalue weighted by Crippen LogP contribution is 2.17. The maximum atomic E-state index is 5.78. The van der Waals surface area contributed by atoms with E-state index >= 15 is 0 Å². The Labute approximate surface area is 71.0 Å². The molecule has 0 aromatic carbocycles. The predicted octanol–water partition coefficient (Wildman–Crippen LogP) is 1.59. The minimum Gasteiger partial charge on any atom is -0.357 e. The molecule has 0 atom stereocenters. The molecule has 1 aromatic heterocycles. The van der Waals surface area contributed by atoms with E-state index in [0.29, 0.717) is 5.15 Å². The lowest BCUT2D eigenvalue weighted by Crippen LogP contribution is -2.17. The van der Waals surface area contributed by atoms with Crippen molar-refractivity contribution in [3.63, 3.8) is 0 Å². The summed E-state index contributed by atoms with van der Waals surface area (Å²) in [6, 6.07) is 0. The van der Waals surface area contributed by atoms with Crippen molar-refractivity contribution in [3.05, 3.63) is 17.5 Å². The van der Waals surface area contributed by atoms with Crippen LogP contribution >= 0.6 is 11.6 Å². The highest BCUT2D eigenvalue weighted by molar-refractivity contribution is 6.31. The third-order valence-electron chi connectivity index (χ3n) is 1.47. The average molecular weight is 172 g/mol. The van der Waals surface area contributed by atoms with E-state index in [2.05, 4.69) is 9.97 Å². The normalized spacial score (nSPS) is 9.73. The van der Waals surface area contributed by atoms with Crippen molar-refractivity contribution in [1.29, 1.82) is 0 Å². The minimum absolute atomic E-state index is 0.455. The van der Waals surface area contributed by atoms with Crippen LogP contribution < -0.4 is 4.90 Å². The van der Waals surface area contributed by atoms with Gasteiger partial charge in [-0.15, -0.1) is 0 Å². The van der Waals surface area contributed by atoms with Crippen molar-refractivity contribution in [2.24, 2.45) is 0 Å². The summed E-state index contributed by atoms with van der Waals surface area (Å²) in [4.78, 5) is 9.93. The second-order valence-corrected chi connectivity index (χ2v) is 2.54. The maximum absolute atomic E-state index is 5.78. The van der Waals surface area contributed by atoms with Crippen molar-refractivity contribution >= 4 is 17.4 Å². The molecule has 0 amide bonds. The van der Waals surface area contributed by atoms with Crippen molar-refractivity contribution in [3.8, 4) is 0 Å². The number of rotatable bonds is 2. The zero-order chi connectivity index (χ0) is 8.27. The van der Waals surface area contributed by atoms with E-state index in [0.717, 1.165) is 12.4 Å². The maximum Gasteiger partial charge on any atom is 0.171 e. The molecule has 1 rings (SSSR count). The fourth-order valence-corrected chi connectivity index (χ4v) is 0.969. The number of anilines is 1. The Bertz CT molecular complexity index is 239. The summed E-state index contributed by atoms with van der Waals surface area (Å²) in [5.41, 5.74) is 0. The summed E-state index contributed by atoms with van der Waals surface area (Å²) < 4.78 is 0. The number of hydrogen-bond donors (Lipinski definition) is 0. The Morgan fingerprint density at radius 2 is 2.09 bits per heavy atom. The van der Waals surface area contributed by atoms with Crippen LogP contribution in [-0.2, 0) is 0 Å². The molecule has 0 aliphatic rings. The molecule has 0 saturated heterocycles. The number of halogens is 1. The number of hydrogen-bond acceptors (Lipinski definition) is 3. The molecule has 0 unspecified atom stereocenters. The highest BCUT2D eigenvalue weighted by Gasteiger charge is 2.04. The Kier molecular flexibility index (Phi) is 2.65. The first-order valence-corrected chi connectivity index (χ1v) is 3.81. The summed E-state index contributed by atoms with van der Waals surface area (Å²) >= 11 is 5.78. The van der Waals surface area contributed by atoms with Gasteiger partial charge in [0, 0.05) is 26.0 Å². The molecule has 0 fully saturated rings. The van der Waals surface area contributed by atoms with Crippen molar-refractivity contribution in [2.75, 3.05) is 18.5 Å². The largest absolute Gasteiger partial charge is 0.357 e. The fourth-order valence-electron chi connectivity index (χ4n) is 0.720. The van der Waals surface area contributed by atoms with Crippen LogP contribution in [0.4, 0.5) is 5.82 Å². The van der Waals surface area contributed by atoms with E-state index in [-0.39, 0.29) is 0 Å². The first-order chi connectivity index (χ1) is 5.25. The quantitative estimate of drug-likeness (QED) is 0.677. The highest BCUT2D eigenvalue weighted by atomic mass is 35.5. The van der Waals surface area contributed by atoms with Crippen LogP contribution in [0.5, 0.6) is 0 Å². The van der Waals surface area contributed by atoms with Crippen LogP contribution in [0, 0.1) is 0 Å². The van der Waals surface area contributed by atoms with Gasteiger partial charge in [0.25, 0.3) is 0 Å². The summed E-state index contributed by atoms with van der Waals surface area (Å²) in [6.07, 6.45) is 3.21. The van der Waals surface area contributed by atoms with Gasteiger partial charge in [0.05, 0.1) is 0 Å². The van der Waals surface area contributed by atoms with Crippen molar-refractivity contribution in [1.82, 2.24) is 9.97 Å². The molecule has 0 saturated carbocycles. The smallest absolute Gasteiger partial charge is 0.171 e. The Balaban J connectivity index is 2.93. The number of nitrogens with zero attached hydrogens (tertiary/aromatic N) is 3. The summed E-state index contributed by atoms with van der Waals surface area (Å²) in [5, 5.41) is 0.455. The molecule has 3 nitrogen and oxygen atoms in total. The molecule has 1 heterocycles. The van der Waals surface area contributed by atoms with E-state index < -0.39 is 0 Å². The third-order valence-corrected chi connectivity index (χ3v) is 1.74. The van der Waals surface area contributed by atoms with Gasteiger partial charge in [0.2, 0.25) is 0 Å². The predicted molar refractivity (Wildman–Crippen MR) is 46.0 cm³/mol. The molecule has 0 spiro atoms. The van der Waals surface area contributed by atoms with E-state index in [4.69, 9.17) is 11.6 Å². The van der Waals surface area contributed by atoms with Gasteiger partial charge in [-0.05, 0) is 6.92 Å². The lowest BCUT2D eigenvalue weighted by molar-refractivity contribution is 0.928. The minimum atomic E-state index is 0.455. The molecule has 11 heavy (non-hydrogen) atoms. The van der Waals surface area contributed by atoms with Crippen LogP contribution in [0.15, 0.2) is 12.4 Å². The van der Waals surface area contributed by atoms with Gasteiger partial charge in [0.15, 0.2) is 11.0 Å². The molecule has 0 N–H and O–H groups in total. The van der Waals surface area contributed by atoms with Crippen LogP contribution in [-0.4, -0.2) is 23.6 Å². The lowest BCUT2D eigenvalue weighted by atomic mass is 10.5. The van der Waals surface area contributed by atoms with Gasteiger partial charge in [-0.1, -0.05) is 11.6 Å². The Hall–Kier alpha value is -0.830. The molecule has 0 bridgehead atoms.